The molecular formula is C19H30N4O3S. The molecule has 27 heavy (non-hydrogen) atoms. The Balaban J connectivity index is 1.50. The van der Waals surface area contributed by atoms with E-state index in [4.69, 9.17) is 0 Å². The molecule has 8 heteroatoms. The van der Waals surface area contributed by atoms with Crippen LogP contribution in [0.2, 0.25) is 0 Å². The van der Waals surface area contributed by atoms with Crippen LogP contribution in [0.25, 0.3) is 0 Å². The SMILES string of the molecule is CS(=O)(=O)NC[C@@H]1CCCCN1C(=O)N[C@H]1CCN(Cc2ccccc2)C1. The number of urea groups is 1. The molecule has 0 aliphatic carbocycles. The summed E-state index contributed by atoms with van der Waals surface area (Å²) < 4.78 is 25.3. The van der Waals surface area contributed by atoms with Gasteiger partial charge >= 0.3 is 6.03 Å². The van der Waals surface area contributed by atoms with Crippen LogP contribution >= 0.6 is 0 Å². The summed E-state index contributed by atoms with van der Waals surface area (Å²) in [6.45, 7) is 3.69. The van der Waals surface area contributed by atoms with Gasteiger partial charge in [-0.2, -0.15) is 0 Å². The smallest absolute Gasteiger partial charge is 0.317 e. The van der Waals surface area contributed by atoms with Gasteiger partial charge in [0.1, 0.15) is 0 Å². The minimum absolute atomic E-state index is 0.0680. The quantitative estimate of drug-likeness (QED) is 0.764. The van der Waals surface area contributed by atoms with Crippen LogP contribution < -0.4 is 10.0 Å². The minimum Gasteiger partial charge on any atom is -0.334 e. The van der Waals surface area contributed by atoms with E-state index in [0.29, 0.717) is 6.54 Å². The van der Waals surface area contributed by atoms with Gasteiger partial charge in [0, 0.05) is 44.8 Å². The van der Waals surface area contributed by atoms with E-state index >= 15 is 0 Å². The lowest BCUT2D eigenvalue weighted by molar-refractivity contribution is 0.149. The first-order chi connectivity index (χ1) is 12.9. The molecule has 1 aromatic carbocycles. The fourth-order valence-electron chi connectivity index (χ4n) is 3.92. The van der Waals surface area contributed by atoms with E-state index in [1.165, 1.54) is 5.56 Å². The van der Waals surface area contributed by atoms with Crippen molar-refractivity contribution >= 4 is 16.1 Å². The number of nitrogens with zero attached hydrogens (tertiary/aromatic N) is 2. The van der Waals surface area contributed by atoms with Gasteiger partial charge in [0.25, 0.3) is 0 Å². The number of nitrogens with one attached hydrogen (secondary N) is 2. The minimum atomic E-state index is -3.25. The van der Waals surface area contributed by atoms with Crippen LogP contribution in [0, 0.1) is 0 Å². The molecule has 2 heterocycles. The van der Waals surface area contributed by atoms with Crippen molar-refractivity contribution < 1.29 is 13.2 Å². The van der Waals surface area contributed by atoms with Gasteiger partial charge in [0.15, 0.2) is 0 Å². The van der Waals surface area contributed by atoms with Gasteiger partial charge in [-0.3, -0.25) is 4.90 Å². The summed E-state index contributed by atoms with van der Waals surface area (Å²) in [4.78, 5) is 16.9. The highest BCUT2D eigenvalue weighted by molar-refractivity contribution is 7.88. The van der Waals surface area contributed by atoms with Gasteiger partial charge in [0.2, 0.25) is 10.0 Å². The van der Waals surface area contributed by atoms with Crippen molar-refractivity contribution in [3.05, 3.63) is 35.9 Å². The molecule has 0 radical (unpaired) electrons. The maximum atomic E-state index is 12.8. The van der Waals surface area contributed by atoms with E-state index in [1.54, 1.807) is 0 Å². The van der Waals surface area contributed by atoms with E-state index in [9.17, 15) is 13.2 Å². The first-order valence-electron chi connectivity index (χ1n) is 9.69. The number of rotatable bonds is 6. The number of hydrogen-bond acceptors (Lipinski definition) is 4. The monoisotopic (exact) mass is 394 g/mol. The van der Waals surface area contributed by atoms with Crippen molar-refractivity contribution in [2.45, 2.75) is 44.3 Å². The molecule has 0 saturated carbocycles. The highest BCUT2D eigenvalue weighted by atomic mass is 32.2. The molecule has 150 valence electrons. The Morgan fingerprint density at radius 3 is 2.67 bits per heavy atom. The van der Waals surface area contributed by atoms with Crippen molar-refractivity contribution in [2.24, 2.45) is 0 Å². The molecule has 0 aromatic heterocycles. The second-order valence-electron chi connectivity index (χ2n) is 7.62. The molecule has 2 atom stereocenters. The molecule has 0 bridgehead atoms. The van der Waals surface area contributed by atoms with Gasteiger partial charge in [-0.1, -0.05) is 30.3 Å². The number of sulfonamides is 1. The standard InChI is InChI=1S/C19H30N4O3S/c1-27(25,26)20-13-18-9-5-6-11-23(18)19(24)21-17-10-12-22(15-17)14-16-7-3-2-4-8-16/h2-4,7-8,17-18,20H,5-6,9-15H2,1H3,(H,21,24)/t17-,18-/m0/s1. The highest BCUT2D eigenvalue weighted by Crippen LogP contribution is 2.18. The Morgan fingerprint density at radius 1 is 1.15 bits per heavy atom. The van der Waals surface area contributed by atoms with E-state index in [0.717, 1.165) is 51.6 Å². The summed E-state index contributed by atoms with van der Waals surface area (Å²) >= 11 is 0. The van der Waals surface area contributed by atoms with Gasteiger partial charge in [-0.05, 0) is 31.2 Å². The largest absolute Gasteiger partial charge is 0.334 e. The lowest BCUT2D eigenvalue weighted by Gasteiger charge is -2.36. The molecule has 0 unspecified atom stereocenters. The van der Waals surface area contributed by atoms with Crippen LogP contribution in [0.5, 0.6) is 0 Å². The Kier molecular flexibility index (Phi) is 6.73. The summed E-state index contributed by atoms with van der Waals surface area (Å²) in [5.74, 6) is 0. The number of carbonyl (C=O) groups excluding carboxylic acids is 1. The maximum Gasteiger partial charge on any atom is 0.317 e. The predicted molar refractivity (Wildman–Crippen MR) is 106 cm³/mol. The molecule has 2 fully saturated rings. The van der Waals surface area contributed by atoms with Crippen molar-refractivity contribution in [1.29, 1.82) is 0 Å². The molecule has 2 saturated heterocycles. The molecule has 0 spiro atoms. The third kappa shape index (κ3) is 6.19. The molecule has 3 rings (SSSR count). The molecule has 2 amide bonds. The maximum absolute atomic E-state index is 12.8. The molecule has 2 aliphatic rings. The Hall–Kier alpha value is -1.64. The van der Waals surface area contributed by atoms with Gasteiger partial charge in [-0.25, -0.2) is 17.9 Å². The topological polar surface area (TPSA) is 81.8 Å². The lowest BCUT2D eigenvalue weighted by atomic mass is 10.0. The molecule has 1 aromatic rings. The first kappa shape index (κ1) is 20.1. The predicted octanol–water partition coefficient (Wildman–Crippen LogP) is 1.37. The summed E-state index contributed by atoms with van der Waals surface area (Å²) in [5.41, 5.74) is 1.28. The zero-order valence-electron chi connectivity index (χ0n) is 15.9. The van der Waals surface area contributed by atoms with Crippen LogP contribution in [0.3, 0.4) is 0 Å². The van der Waals surface area contributed by atoms with Crippen molar-refractivity contribution in [1.82, 2.24) is 19.8 Å². The van der Waals surface area contributed by atoms with Gasteiger partial charge in [-0.15, -0.1) is 0 Å². The summed E-state index contributed by atoms with van der Waals surface area (Å²) in [6, 6.07) is 10.4. The normalized spacial score (nSPS) is 24.1. The van der Waals surface area contributed by atoms with E-state index in [2.05, 4.69) is 27.1 Å². The van der Waals surface area contributed by atoms with E-state index in [-0.39, 0.29) is 24.7 Å². The van der Waals surface area contributed by atoms with Crippen LogP contribution in [-0.2, 0) is 16.6 Å². The van der Waals surface area contributed by atoms with Crippen LogP contribution in [0.1, 0.15) is 31.2 Å². The van der Waals surface area contributed by atoms with Crippen molar-refractivity contribution in [3.8, 4) is 0 Å². The summed E-state index contributed by atoms with van der Waals surface area (Å²) in [5, 5.41) is 3.16. The Bertz CT molecular complexity index is 726. The molecule has 2 aliphatic heterocycles. The number of piperidine rings is 1. The number of hydrogen-bond donors (Lipinski definition) is 2. The van der Waals surface area contributed by atoms with Crippen LogP contribution in [0.4, 0.5) is 4.79 Å². The summed E-state index contributed by atoms with van der Waals surface area (Å²) in [6.07, 6.45) is 4.92. The van der Waals surface area contributed by atoms with Crippen molar-refractivity contribution in [2.75, 3.05) is 32.4 Å². The first-order valence-corrected chi connectivity index (χ1v) is 11.6. The van der Waals surface area contributed by atoms with Crippen LogP contribution in [0.15, 0.2) is 30.3 Å². The Labute approximate surface area is 162 Å². The zero-order chi connectivity index (χ0) is 19.3. The van der Waals surface area contributed by atoms with E-state index in [1.807, 2.05) is 23.1 Å². The molecule has 7 nitrogen and oxygen atoms in total. The molecule has 2 N–H and O–H groups in total. The van der Waals surface area contributed by atoms with Crippen LogP contribution in [-0.4, -0.2) is 68.8 Å². The number of benzene rings is 1. The number of carbonyl (C=O) groups is 1. The van der Waals surface area contributed by atoms with Gasteiger partial charge < -0.3 is 10.2 Å². The Morgan fingerprint density at radius 2 is 1.93 bits per heavy atom. The third-order valence-corrected chi connectivity index (χ3v) is 6.01. The lowest BCUT2D eigenvalue weighted by Crippen LogP contribution is -2.54. The van der Waals surface area contributed by atoms with Crippen molar-refractivity contribution in [3.63, 3.8) is 0 Å². The third-order valence-electron chi connectivity index (χ3n) is 5.32. The van der Waals surface area contributed by atoms with Gasteiger partial charge in [0.05, 0.1) is 6.26 Å². The second kappa shape index (κ2) is 9.03. The molecular weight excluding hydrogens is 364 g/mol. The second-order valence-corrected chi connectivity index (χ2v) is 9.45. The number of likely N-dealkylation sites (tertiary alicyclic amines) is 2. The highest BCUT2D eigenvalue weighted by Gasteiger charge is 2.30. The average Bonchev–Trinajstić information content (AvgIpc) is 3.07. The summed E-state index contributed by atoms with van der Waals surface area (Å²) in [7, 11) is -3.25. The zero-order valence-corrected chi connectivity index (χ0v) is 16.7. The fraction of sp³-hybridized carbons (Fsp3) is 0.632. The fourth-order valence-corrected chi connectivity index (χ4v) is 4.42. The average molecular weight is 395 g/mol. The van der Waals surface area contributed by atoms with E-state index < -0.39 is 10.0 Å². The number of amides is 2.